The van der Waals surface area contributed by atoms with Crippen molar-refractivity contribution in [3.63, 3.8) is 0 Å². The van der Waals surface area contributed by atoms with E-state index in [4.69, 9.17) is 9.47 Å². The molecule has 0 bridgehead atoms. The van der Waals surface area contributed by atoms with Gasteiger partial charge in [0.25, 0.3) is 0 Å². The van der Waals surface area contributed by atoms with Crippen LogP contribution in [0.3, 0.4) is 0 Å². The summed E-state index contributed by atoms with van der Waals surface area (Å²) in [6, 6.07) is 7.77. The second-order valence-corrected chi connectivity index (χ2v) is 6.13. The van der Waals surface area contributed by atoms with Crippen LogP contribution in [0.4, 0.5) is 0 Å². The van der Waals surface area contributed by atoms with Crippen LogP contribution in [0.25, 0.3) is 0 Å². The van der Waals surface area contributed by atoms with Crippen molar-refractivity contribution in [1.29, 1.82) is 0 Å². The van der Waals surface area contributed by atoms with Crippen LogP contribution in [0, 0.1) is 0 Å². The van der Waals surface area contributed by atoms with Gasteiger partial charge in [0.05, 0.1) is 26.3 Å². The van der Waals surface area contributed by atoms with Gasteiger partial charge in [0.2, 0.25) is 5.91 Å². The molecule has 0 radical (unpaired) electrons. The quantitative estimate of drug-likeness (QED) is 0.356. The Hall–Kier alpha value is -1.55. The minimum atomic E-state index is -0.0103. The predicted molar refractivity (Wildman–Crippen MR) is 113 cm³/mol. The molecule has 2 rings (SSSR count). The number of hydrogen-bond acceptors (Lipinski definition) is 4. The number of methoxy groups -OCH3 is 1. The van der Waals surface area contributed by atoms with Crippen LogP contribution < -0.4 is 15.4 Å². The van der Waals surface area contributed by atoms with E-state index in [1.165, 1.54) is 0 Å². The number of likely N-dealkylation sites (N-methyl/N-ethyl adjacent to an activating group) is 1. The van der Waals surface area contributed by atoms with Gasteiger partial charge in [-0.3, -0.25) is 4.79 Å². The maximum absolute atomic E-state index is 11.8. The van der Waals surface area contributed by atoms with Gasteiger partial charge in [0.15, 0.2) is 5.96 Å². The van der Waals surface area contributed by atoms with E-state index in [0.29, 0.717) is 19.0 Å². The summed E-state index contributed by atoms with van der Waals surface area (Å²) in [6.07, 6.45) is 2.33. The molecule has 1 saturated heterocycles. The number of benzene rings is 1. The van der Waals surface area contributed by atoms with Crippen molar-refractivity contribution >= 4 is 35.8 Å². The zero-order valence-electron chi connectivity index (χ0n) is 15.7. The van der Waals surface area contributed by atoms with Crippen LogP contribution in [0.5, 0.6) is 5.75 Å². The average molecular weight is 476 g/mol. The lowest BCUT2D eigenvalue weighted by molar-refractivity contribution is -0.127. The summed E-state index contributed by atoms with van der Waals surface area (Å²) in [7, 11) is 5.11. The Balaban J connectivity index is 0.00000338. The summed E-state index contributed by atoms with van der Waals surface area (Å²) < 4.78 is 11.0. The molecule has 1 aliphatic heterocycles. The normalized spacial score (nSPS) is 16.6. The standard InChI is InChI=1S/C18H28N4O3.HI/c1-22(2)17(23)13-21-18(20-12-15-8-6-10-25-15)19-11-14-7-4-5-9-16(14)24-3;/h4-5,7,9,15H,6,8,10-13H2,1-3H3,(H2,19,20,21);1H. The molecule has 7 nitrogen and oxygen atoms in total. The average Bonchev–Trinajstić information content (AvgIpc) is 3.14. The molecule has 26 heavy (non-hydrogen) atoms. The highest BCUT2D eigenvalue weighted by molar-refractivity contribution is 14.0. The first-order chi connectivity index (χ1) is 12.1. The predicted octanol–water partition coefficient (Wildman–Crippen LogP) is 1.62. The smallest absolute Gasteiger partial charge is 0.241 e. The van der Waals surface area contributed by atoms with Gasteiger partial charge in [-0.15, -0.1) is 24.0 Å². The fourth-order valence-electron chi connectivity index (χ4n) is 2.51. The van der Waals surface area contributed by atoms with Crippen molar-refractivity contribution in [2.24, 2.45) is 4.99 Å². The zero-order chi connectivity index (χ0) is 18.1. The highest BCUT2D eigenvalue weighted by Gasteiger charge is 2.16. The molecule has 8 heteroatoms. The molecule has 0 saturated carbocycles. The molecule has 146 valence electrons. The highest BCUT2D eigenvalue weighted by atomic mass is 127. The van der Waals surface area contributed by atoms with Crippen molar-refractivity contribution in [3.8, 4) is 5.75 Å². The maximum Gasteiger partial charge on any atom is 0.241 e. The Kier molecular flexibility index (Phi) is 10.3. The third-order valence-electron chi connectivity index (χ3n) is 4.03. The SMILES string of the molecule is COc1ccccc1CN=C(NCC(=O)N(C)C)NCC1CCCO1.I. The Morgan fingerprint density at radius 2 is 2.12 bits per heavy atom. The molecule has 2 N–H and O–H groups in total. The van der Waals surface area contributed by atoms with E-state index in [1.54, 1.807) is 26.1 Å². The van der Waals surface area contributed by atoms with Crippen LogP contribution >= 0.6 is 24.0 Å². The van der Waals surface area contributed by atoms with Gasteiger partial charge in [-0.05, 0) is 18.9 Å². The molecule has 1 aliphatic rings. The molecule has 1 unspecified atom stereocenters. The summed E-state index contributed by atoms with van der Waals surface area (Å²) >= 11 is 0. The molecular formula is C18H29IN4O3. The molecule has 0 spiro atoms. The molecule has 1 atom stereocenters. The lowest BCUT2D eigenvalue weighted by atomic mass is 10.2. The number of guanidine groups is 1. The molecule has 0 aliphatic carbocycles. The lowest BCUT2D eigenvalue weighted by Gasteiger charge is -2.17. The van der Waals surface area contributed by atoms with E-state index < -0.39 is 0 Å². The number of rotatable bonds is 7. The number of para-hydroxylation sites is 1. The number of nitrogens with one attached hydrogen (secondary N) is 2. The van der Waals surface area contributed by atoms with Gasteiger partial charge in [0.1, 0.15) is 5.75 Å². The summed E-state index contributed by atoms with van der Waals surface area (Å²) in [5.41, 5.74) is 0.988. The summed E-state index contributed by atoms with van der Waals surface area (Å²) in [6.45, 7) is 2.14. The minimum Gasteiger partial charge on any atom is -0.496 e. The van der Waals surface area contributed by atoms with Gasteiger partial charge in [-0.25, -0.2) is 4.99 Å². The fourth-order valence-corrected chi connectivity index (χ4v) is 2.51. The maximum atomic E-state index is 11.8. The summed E-state index contributed by atoms with van der Waals surface area (Å²) in [4.78, 5) is 17.9. The molecular weight excluding hydrogens is 447 g/mol. The van der Waals surface area contributed by atoms with Gasteiger partial charge >= 0.3 is 0 Å². The largest absolute Gasteiger partial charge is 0.496 e. The first kappa shape index (κ1) is 22.5. The van der Waals surface area contributed by atoms with E-state index in [1.807, 2.05) is 24.3 Å². The van der Waals surface area contributed by atoms with Crippen LogP contribution in [-0.4, -0.2) is 63.8 Å². The van der Waals surface area contributed by atoms with E-state index >= 15 is 0 Å². The lowest BCUT2D eigenvalue weighted by Crippen LogP contribution is -2.45. The minimum absolute atomic E-state index is 0. The van der Waals surface area contributed by atoms with Gasteiger partial charge < -0.3 is 25.0 Å². The van der Waals surface area contributed by atoms with E-state index in [0.717, 1.165) is 30.8 Å². The van der Waals surface area contributed by atoms with Gasteiger partial charge in [-0.2, -0.15) is 0 Å². The number of nitrogens with zero attached hydrogens (tertiary/aromatic N) is 2. The first-order valence-electron chi connectivity index (χ1n) is 8.56. The van der Waals surface area contributed by atoms with Gasteiger partial charge in [0, 0.05) is 32.8 Å². The van der Waals surface area contributed by atoms with E-state index in [9.17, 15) is 4.79 Å². The van der Waals surface area contributed by atoms with Crippen LogP contribution in [0.15, 0.2) is 29.3 Å². The third kappa shape index (κ3) is 7.36. The molecule has 1 aromatic rings. The fraction of sp³-hybridized carbons (Fsp3) is 0.556. The molecule has 1 aromatic carbocycles. The molecule has 0 aromatic heterocycles. The number of carbonyl (C=O) groups excluding carboxylic acids is 1. The molecule has 1 fully saturated rings. The van der Waals surface area contributed by atoms with Crippen molar-refractivity contribution in [2.75, 3.05) is 40.9 Å². The van der Waals surface area contributed by atoms with Crippen LogP contribution in [0.1, 0.15) is 18.4 Å². The second kappa shape index (κ2) is 11.9. The number of carbonyl (C=O) groups is 1. The third-order valence-corrected chi connectivity index (χ3v) is 4.03. The summed E-state index contributed by atoms with van der Waals surface area (Å²) in [5, 5.41) is 6.35. The Morgan fingerprint density at radius 1 is 1.35 bits per heavy atom. The number of amides is 1. The monoisotopic (exact) mass is 476 g/mol. The number of aliphatic imine (C=N–C) groups is 1. The van der Waals surface area contributed by atoms with Crippen LogP contribution in [-0.2, 0) is 16.1 Å². The van der Waals surface area contributed by atoms with E-state index in [2.05, 4.69) is 15.6 Å². The number of halogens is 1. The number of hydrogen-bond donors (Lipinski definition) is 2. The van der Waals surface area contributed by atoms with Crippen molar-refractivity contribution in [2.45, 2.75) is 25.5 Å². The Labute approximate surface area is 172 Å². The van der Waals surface area contributed by atoms with Crippen molar-refractivity contribution in [3.05, 3.63) is 29.8 Å². The van der Waals surface area contributed by atoms with Crippen molar-refractivity contribution < 1.29 is 14.3 Å². The molecule has 1 heterocycles. The summed E-state index contributed by atoms with van der Waals surface area (Å²) in [5.74, 6) is 1.38. The van der Waals surface area contributed by atoms with Crippen LogP contribution in [0.2, 0.25) is 0 Å². The Morgan fingerprint density at radius 3 is 2.77 bits per heavy atom. The first-order valence-corrected chi connectivity index (χ1v) is 8.56. The number of ether oxygens (including phenoxy) is 2. The zero-order valence-corrected chi connectivity index (χ0v) is 18.0. The highest BCUT2D eigenvalue weighted by Crippen LogP contribution is 2.18. The second-order valence-electron chi connectivity index (χ2n) is 6.13. The Bertz CT molecular complexity index is 590. The van der Waals surface area contributed by atoms with Gasteiger partial charge in [-0.1, -0.05) is 18.2 Å². The van der Waals surface area contributed by atoms with Crippen molar-refractivity contribution in [1.82, 2.24) is 15.5 Å². The molecule has 1 amide bonds. The topological polar surface area (TPSA) is 75.2 Å². The van der Waals surface area contributed by atoms with E-state index in [-0.39, 0.29) is 42.5 Å².